The van der Waals surface area contributed by atoms with Crippen LogP contribution in [0.1, 0.15) is 15.9 Å². The van der Waals surface area contributed by atoms with E-state index in [0.717, 1.165) is 5.69 Å². The Kier molecular flexibility index (Phi) is 5.37. The number of aromatic nitrogens is 1. The van der Waals surface area contributed by atoms with Crippen LogP contribution in [0.15, 0.2) is 60.9 Å². The molecule has 0 bridgehead atoms. The molecule has 0 fully saturated rings. The van der Waals surface area contributed by atoms with Crippen molar-refractivity contribution in [1.29, 1.82) is 5.26 Å². The summed E-state index contributed by atoms with van der Waals surface area (Å²) in [4.78, 5) is 16.5. The summed E-state index contributed by atoms with van der Waals surface area (Å²) in [5.74, 6) is -0.328. The van der Waals surface area contributed by atoms with Gasteiger partial charge in [-0.3, -0.25) is 9.78 Å². The lowest BCUT2D eigenvalue weighted by Gasteiger charge is -2.09. The standard InChI is InChI=1S/C19H12Cl2N4O/c20-17-5-4-15(8-18(17)21)25-19(26)13-7-16(11-23-10-13)24-14-3-1-2-12(6-14)9-22/h1-8,10-11,24H,(H,25,26). The molecule has 0 unspecified atom stereocenters. The molecule has 0 atom stereocenters. The first-order chi connectivity index (χ1) is 12.5. The Morgan fingerprint density at radius 1 is 0.962 bits per heavy atom. The van der Waals surface area contributed by atoms with Gasteiger partial charge in [-0.05, 0) is 42.5 Å². The molecule has 0 aliphatic carbocycles. The average Bonchev–Trinajstić information content (AvgIpc) is 2.65. The quantitative estimate of drug-likeness (QED) is 0.645. The molecule has 1 heterocycles. The number of halogens is 2. The summed E-state index contributed by atoms with van der Waals surface area (Å²) in [6, 6.07) is 15.6. The van der Waals surface area contributed by atoms with Crippen molar-refractivity contribution in [3.63, 3.8) is 0 Å². The molecule has 7 heteroatoms. The third-order valence-corrected chi connectivity index (χ3v) is 4.20. The Balaban J connectivity index is 1.76. The van der Waals surface area contributed by atoms with Gasteiger partial charge in [-0.1, -0.05) is 29.3 Å². The zero-order chi connectivity index (χ0) is 18.5. The van der Waals surface area contributed by atoms with Gasteiger partial charge in [-0.25, -0.2) is 0 Å². The summed E-state index contributed by atoms with van der Waals surface area (Å²) >= 11 is 11.8. The highest BCUT2D eigenvalue weighted by Crippen LogP contribution is 2.25. The maximum absolute atomic E-state index is 12.4. The van der Waals surface area contributed by atoms with Gasteiger partial charge in [-0.2, -0.15) is 5.26 Å². The first kappa shape index (κ1) is 17.7. The van der Waals surface area contributed by atoms with E-state index in [-0.39, 0.29) is 5.91 Å². The van der Waals surface area contributed by atoms with E-state index in [1.54, 1.807) is 48.7 Å². The predicted octanol–water partition coefficient (Wildman–Crippen LogP) is 5.26. The number of hydrogen-bond acceptors (Lipinski definition) is 4. The van der Waals surface area contributed by atoms with Crippen molar-refractivity contribution in [3.05, 3.63) is 82.1 Å². The van der Waals surface area contributed by atoms with Crippen LogP contribution in [0.25, 0.3) is 0 Å². The van der Waals surface area contributed by atoms with Crippen LogP contribution in [0, 0.1) is 11.3 Å². The zero-order valence-electron chi connectivity index (χ0n) is 13.3. The zero-order valence-corrected chi connectivity index (χ0v) is 14.8. The van der Waals surface area contributed by atoms with Crippen molar-refractivity contribution in [2.75, 3.05) is 10.6 Å². The van der Waals surface area contributed by atoms with Gasteiger partial charge in [-0.15, -0.1) is 0 Å². The first-order valence-corrected chi connectivity index (χ1v) is 8.29. The molecule has 0 radical (unpaired) electrons. The Morgan fingerprint density at radius 2 is 1.81 bits per heavy atom. The van der Waals surface area contributed by atoms with Crippen LogP contribution in [0.5, 0.6) is 0 Å². The molecule has 0 spiro atoms. The number of carbonyl (C=O) groups excluding carboxylic acids is 1. The summed E-state index contributed by atoms with van der Waals surface area (Å²) < 4.78 is 0. The Hall–Kier alpha value is -3.07. The van der Waals surface area contributed by atoms with Crippen molar-refractivity contribution in [2.45, 2.75) is 0 Å². The summed E-state index contributed by atoms with van der Waals surface area (Å²) in [5.41, 5.74) is 2.80. The van der Waals surface area contributed by atoms with Gasteiger partial charge in [0, 0.05) is 17.6 Å². The highest BCUT2D eigenvalue weighted by Gasteiger charge is 2.09. The molecular weight excluding hydrogens is 371 g/mol. The lowest BCUT2D eigenvalue weighted by molar-refractivity contribution is 0.102. The number of amides is 1. The fourth-order valence-corrected chi connectivity index (χ4v) is 2.54. The smallest absolute Gasteiger partial charge is 0.257 e. The SMILES string of the molecule is N#Cc1cccc(Nc2cncc(C(=O)Nc3ccc(Cl)c(Cl)c3)c2)c1. The molecule has 0 aliphatic heterocycles. The first-order valence-electron chi connectivity index (χ1n) is 7.54. The average molecular weight is 383 g/mol. The van der Waals surface area contributed by atoms with Crippen LogP contribution in [0.3, 0.4) is 0 Å². The minimum Gasteiger partial charge on any atom is -0.354 e. The number of nitrogens with one attached hydrogen (secondary N) is 2. The van der Waals surface area contributed by atoms with Crippen LogP contribution >= 0.6 is 23.2 Å². The van der Waals surface area contributed by atoms with Gasteiger partial charge in [0.1, 0.15) is 0 Å². The van der Waals surface area contributed by atoms with Crippen LogP contribution in [-0.2, 0) is 0 Å². The maximum Gasteiger partial charge on any atom is 0.257 e. The molecule has 128 valence electrons. The highest BCUT2D eigenvalue weighted by atomic mass is 35.5. The van der Waals surface area contributed by atoms with Crippen LogP contribution < -0.4 is 10.6 Å². The summed E-state index contributed by atoms with van der Waals surface area (Å²) in [6.45, 7) is 0. The molecular formula is C19H12Cl2N4O. The fraction of sp³-hybridized carbons (Fsp3) is 0. The fourth-order valence-electron chi connectivity index (χ4n) is 2.24. The van der Waals surface area contributed by atoms with E-state index in [1.807, 2.05) is 6.07 Å². The van der Waals surface area contributed by atoms with Gasteiger partial charge in [0.15, 0.2) is 0 Å². The van der Waals surface area contributed by atoms with Crippen molar-refractivity contribution < 1.29 is 4.79 Å². The van der Waals surface area contributed by atoms with Crippen molar-refractivity contribution in [3.8, 4) is 6.07 Å². The number of rotatable bonds is 4. The Labute approximate surface area is 160 Å². The lowest BCUT2D eigenvalue weighted by Crippen LogP contribution is -2.12. The highest BCUT2D eigenvalue weighted by molar-refractivity contribution is 6.42. The molecule has 1 amide bonds. The van der Waals surface area contributed by atoms with E-state index >= 15 is 0 Å². The molecule has 0 saturated heterocycles. The van der Waals surface area contributed by atoms with E-state index in [9.17, 15) is 4.79 Å². The number of nitrogens with zero attached hydrogens (tertiary/aromatic N) is 2. The summed E-state index contributed by atoms with van der Waals surface area (Å²) in [6.07, 6.45) is 3.05. The van der Waals surface area contributed by atoms with E-state index in [4.69, 9.17) is 28.5 Å². The molecule has 0 saturated carbocycles. The van der Waals surface area contributed by atoms with E-state index in [1.165, 1.54) is 6.20 Å². The Bertz CT molecular complexity index is 1010. The molecule has 5 nitrogen and oxygen atoms in total. The number of anilines is 3. The van der Waals surface area contributed by atoms with E-state index in [0.29, 0.717) is 32.5 Å². The van der Waals surface area contributed by atoms with Crippen molar-refractivity contribution in [1.82, 2.24) is 4.98 Å². The van der Waals surface area contributed by atoms with Gasteiger partial charge >= 0.3 is 0 Å². The molecule has 3 aromatic rings. The molecule has 2 N–H and O–H groups in total. The predicted molar refractivity (Wildman–Crippen MR) is 103 cm³/mol. The van der Waals surface area contributed by atoms with Gasteiger partial charge in [0.05, 0.1) is 39.1 Å². The van der Waals surface area contributed by atoms with Crippen molar-refractivity contribution in [2.24, 2.45) is 0 Å². The minimum absolute atomic E-state index is 0.328. The second kappa shape index (κ2) is 7.87. The normalized spacial score (nSPS) is 10.0. The van der Waals surface area contributed by atoms with Gasteiger partial charge in [0.2, 0.25) is 0 Å². The third kappa shape index (κ3) is 4.31. The molecule has 3 rings (SSSR count). The van der Waals surface area contributed by atoms with Gasteiger partial charge in [0.25, 0.3) is 5.91 Å². The van der Waals surface area contributed by atoms with Crippen LogP contribution in [0.2, 0.25) is 10.0 Å². The Morgan fingerprint density at radius 3 is 2.58 bits per heavy atom. The number of benzene rings is 2. The van der Waals surface area contributed by atoms with Crippen LogP contribution in [-0.4, -0.2) is 10.9 Å². The summed E-state index contributed by atoms with van der Waals surface area (Å²) in [5, 5.41) is 15.6. The van der Waals surface area contributed by atoms with E-state index in [2.05, 4.69) is 21.7 Å². The third-order valence-electron chi connectivity index (χ3n) is 3.46. The lowest BCUT2D eigenvalue weighted by atomic mass is 10.2. The minimum atomic E-state index is -0.328. The monoisotopic (exact) mass is 382 g/mol. The topological polar surface area (TPSA) is 77.8 Å². The molecule has 2 aromatic carbocycles. The number of pyridine rings is 1. The number of nitriles is 1. The van der Waals surface area contributed by atoms with Crippen LogP contribution in [0.4, 0.5) is 17.1 Å². The number of carbonyl (C=O) groups is 1. The second-order valence-corrected chi connectivity index (χ2v) is 6.18. The van der Waals surface area contributed by atoms with Gasteiger partial charge < -0.3 is 10.6 Å². The van der Waals surface area contributed by atoms with E-state index < -0.39 is 0 Å². The molecule has 26 heavy (non-hydrogen) atoms. The molecule has 0 aliphatic rings. The maximum atomic E-state index is 12.4. The second-order valence-electron chi connectivity index (χ2n) is 5.36. The summed E-state index contributed by atoms with van der Waals surface area (Å²) in [7, 11) is 0. The van der Waals surface area contributed by atoms with Crippen molar-refractivity contribution >= 4 is 46.2 Å². The number of hydrogen-bond donors (Lipinski definition) is 2. The molecule has 1 aromatic heterocycles. The largest absolute Gasteiger partial charge is 0.354 e.